The first-order chi connectivity index (χ1) is 8.75. The van der Waals surface area contributed by atoms with Gasteiger partial charge in [-0.05, 0) is 31.5 Å². The van der Waals surface area contributed by atoms with E-state index in [1.54, 1.807) is 13.0 Å². The summed E-state index contributed by atoms with van der Waals surface area (Å²) in [5.74, 6) is -0.864. The summed E-state index contributed by atoms with van der Waals surface area (Å²) in [7, 11) is 0. The summed E-state index contributed by atoms with van der Waals surface area (Å²) in [5.41, 5.74) is -2.70. The molecule has 0 spiro atoms. The third-order valence-corrected chi connectivity index (χ3v) is 2.67. The Morgan fingerprint density at radius 1 is 1.37 bits per heavy atom. The molecule has 1 aromatic rings. The number of alkyl halides is 3. The summed E-state index contributed by atoms with van der Waals surface area (Å²) in [6, 6.07) is 5.85. The van der Waals surface area contributed by atoms with Gasteiger partial charge in [0.05, 0.1) is 18.2 Å². The van der Waals surface area contributed by atoms with E-state index in [2.05, 4.69) is 0 Å². The van der Waals surface area contributed by atoms with Gasteiger partial charge in [-0.15, -0.1) is 0 Å². The molecular formula is C13H12F3NO2. The molecule has 0 N–H and O–H groups in total. The van der Waals surface area contributed by atoms with Crippen LogP contribution in [0.15, 0.2) is 24.3 Å². The molecule has 0 radical (unpaired) electrons. The summed E-state index contributed by atoms with van der Waals surface area (Å²) in [4.78, 5) is 11.7. The lowest BCUT2D eigenvalue weighted by molar-refractivity contribution is -0.147. The smallest absolute Gasteiger partial charge is 0.416 e. The minimum Gasteiger partial charge on any atom is -0.465 e. The number of rotatable bonds is 3. The highest BCUT2D eigenvalue weighted by Crippen LogP contribution is 2.33. The SMILES string of the molecule is CCOC(=O)C(C)(C#N)c1cccc(C(F)(F)F)c1. The van der Waals surface area contributed by atoms with Gasteiger partial charge in [0.1, 0.15) is 0 Å². The third kappa shape index (κ3) is 3.05. The lowest BCUT2D eigenvalue weighted by atomic mass is 9.83. The summed E-state index contributed by atoms with van der Waals surface area (Å²) in [6.07, 6.45) is -4.53. The average Bonchev–Trinajstić information content (AvgIpc) is 2.37. The maximum Gasteiger partial charge on any atom is 0.416 e. The van der Waals surface area contributed by atoms with Gasteiger partial charge in [-0.1, -0.05) is 12.1 Å². The first-order valence-corrected chi connectivity index (χ1v) is 5.52. The van der Waals surface area contributed by atoms with E-state index in [9.17, 15) is 18.0 Å². The molecule has 1 atom stereocenters. The van der Waals surface area contributed by atoms with Crippen LogP contribution in [-0.4, -0.2) is 12.6 Å². The van der Waals surface area contributed by atoms with Gasteiger partial charge in [-0.2, -0.15) is 18.4 Å². The van der Waals surface area contributed by atoms with Gasteiger partial charge < -0.3 is 4.74 Å². The van der Waals surface area contributed by atoms with Gasteiger partial charge >= 0.3 is 12.1 Å². The van der Waals surface area contributed by atoms with E-state index in [0.717, 1.165) is 18.2 Å². The maximum absolute atomic E-state index is 12.6. The Morgan fingerprint density at radius 2 is 1.95 bits per heavy atom. The molecule has 0 heterocycles. The van der Waals surface area contributed by atoms with Crippen molar-refractivity contribution in [3.8, 4) is 6.07 Å². The predicted molar refractivity (Wildman–Crippen MR) is 61.0 cm³/mol. The minimum absolute atomic E-state index is 0.0386. The molecule has 6 heteroatoms. The van der Waals surface area contributed by atoms with Gasteiger partial charge in [-0.25, -0.2) is 4.79 Å². The summed E-state index contributed by atoms with van der Waals surface area (Å²) in [6.45, 7) is 2.84. The third-order valence-electron chi connectivity index (χ3n) is 2.67. The van der Waals surface area contributed by atoms with Crippen LogP contribution in [0.3, 0.4) is 0 Å². The second kappa shape index (κ2) is 5.31. The van der Waals surface area contributed by atoms with Gasteiger partial charge in [-0.3, -0.25) is 0 Å². The monoisotopic (exact) mass is 271 g/mol. The molecular weight excluding hydrogens is 259 g/mol. The van der Waals surface area contributed by atoms with Crippen LogP contribution in [0.4, 0.5) is 13.2 Å². The lowest BCUT2D eigenvalue weighted by Crippen LogP contribution is -2.33. The highest BCUT2D eigenvalue weighted by atomic mass is 19.4. The molecule has 1 unspecified atom stereocenters. The zero-order valence-electron chi connectivity index (χ0n) is 10.4. The fraction of sp³-hybridized carbons (Fsp3) is 0.385. The van der Waals surface area contributed by atoms with Crippen LogP contribution in [0.2, 0.25) is 0 Å². The van der Waals surface area contributed by atoms with E-state index in [1.807, 2.05) is 0 Å². The number of benzene rings is 1. The molecule has 19 heavy (non-hydrogen) atoms. The van der Waals surface area contributed by atoms with Crippen LogP contribution >= 0.6 is 0 Å². The van der Waals surface area contributed by atoms with E-state index in [4.69, 9.17) is 10.00 Å². The number of hydrogen-bond acceptors (Lipinski definition) is 3. The Hall–Kier alpha value is -2.03. The standard InChI is InChI=1S/C13H12F3NO2/c1-3-19-11(18)12(2,8-17)9-5-4-6-10(7-9)13(14,15)16/h4-7H,3H2,1-2H3. The lowest BCUT2D eigenvalue weighted by Gasteiger charge is -2.20. The average molecular weight is 271 g/mol. The van der Waals surface area contributed by atoms with Gasteiger partial charge in [0, 0.05) is 0 Å². The minimum atomic E-state index is -4.53. The Balaban J connectivity index is 3.28. The van der Waals surface area contributed by atoms with E-state index in [-0.39, 0.29) is 12.2 Å². The van der Waals surface area contributed by atoms with E-state index < -0.39 is 23.1 Å². The highest BCUT2D eigenvalue weighted by molar-refractivity contribution is 5.86. The van der Waals surface area contributed by atoms with Crippen molar-refractivity contribution in [3.05, 3.63) is 35.4 Å². The van der Waals surface area contributed by atoms with Crippen molar-refractivity contribution in [3.63, 3.8) is 0 Å². The fourth-order valence-electron chi connectivity index (χ4n) is 1.51. The highest BCUT2D eigenvalue weighted by Gasteiger charge is 2.39. The molecule has 0 aromatic heterocycles. The summed E-state index contributed by atoms with van der Waals surface area (Å²) >= 11 is 0. The van der Waals surface area contributed by atoms with E-state index >= 15 is 0 Å². The molecule has 0 bridgehead atoms. The number of halogens is 3. The van der Waals surface area contributed by atoms with E-state index in [0.29, 0.717) is 0 Å². The molecule has 0 aliphatic heterocycles. The largest absolute Gasteiger partial charge is 0.465 e. The number of carbonyl (C=O) groups excluding carboxylic acids is 1. The van der Waals surface area contributed by atoms with Crippen LogP contribution in [0.1, 0.15) is 25.0 Å². The zero-order valence-corrected chi connectivity index (χ0v) is 10.4. The Labute approximate surface area is 108 Å². The van der Waals surface area contributed by atoms with Crippen LogP contribution in [-0.2, 0) is 21.1 Å². The van der Waals surface area contributed by atoms with Gasteiger partial charge in [0.25, 0.3) is 0 Å². The second-order valence-electron chi connectivity index (χ2n) is 4.04. The second-order valence-corrected chi connectivity index (χ2v) is 4.04. The molecule has 0 saturated carbocycles. The van der Waals surface area contributed by atoms with Crippen molar-refractivity contribution >= 4 is 5.97 Å². The predicted octanol–water partition coefficient (Wildman–Crippen LogP) is 3.05. The first kappa shape index (κ1) is 15.0. The van der Waals surface area contributed by atoms with Gasteiger partial charge in [0.2, 0.25) is 0 Å². The summed E-state index contributed by atoms with van der Waals surface area (Å²) < 4.78 is 42.6. The van der Waals surface area contributed by atoms with Crippen LogP contribution in [0.5, 0.6) is 0 Å². The maximum atomic E-state index is 12.6. The molecule has 1 aromatic carbocycles. The molecule has 102 valence electrons. The molecule has 0 aliphatic rings. The van der Waals surface area contributed by atoms with Crippen LogP contribution < -0.4 is 0 Å². The number of nitriles is 1. The Kier molecular flexibility index (Phi) is 4.20. The van der Waals surface area contributed by atoms with Crippen molar-refractivity contribution in [2.45, 2.75) is 25.4 Å². The quantitative estimate of drug-likeness (QED) is 0.794. The number of hydrogen-bond donors (Lipinski definition) is 0. The molecule has 1 rings (SSSR count). The van der Waals surface area contributed by atoms with E-state index in [1.165, 1.54) is 13.0 Å². The normalized spacial score (nSPS) is 14.3. The van der Waals surface area contributed by atoms with Crippen molar-refractivity contribution in [2.75, 3.05) is 6.61 Å². The Bertz CT molecular complexity index is 519. The zero-order chi connectivity index (χ0) is 14.7. The number of esters is 1. The first-order valence-electron chi connectivity index (χ1n) is 5.52. The molecule has 0 amide bonds. The van der Waals surface area contributed by atoms with Crippen LogP contribution in [0, 0.1) is 11.3 Å². The number of ether oxygens (including phenoxy) is 1. The van der Waals surface area contributed by atoms with Crippen LogP contribution in [0.25, 0.3) is 0 Å². The molecule has 0 saturated heterocycles. The number of nitrogens with zero attached hydrogens (tertiary/aromatic N) is 1. The topological polar surface area (TPSA) is 50.1 Å². The van der Waals surface area contributed by atoms with Crippen molar-refractivity contribution in [2.24, 2.45) is 0 Å². The molecule has 0 aliphatic carbocycles. The molecule has 3 nitrogen and oxygen atoms in total. The summed E-state index contributed by atoms with van der Waals surface area (Å²) in [5, 5.41) is 9.10. The van der Waals surface area contributed by atoms with Gasteiger partial charge in [0.15, 0.2) is 5.41 Å². The molecule has 0 fully saturated rings. The van der Waals surface area contributed by atoms with Crippen molar-refractivity contribution in [1.29, 1.82) is 5.26 Å². The van der Waals surface area contributed by atoms with Crippen molar-refractivity contribution in [1.82, 2.24) is 0 Å². The Morgan fingerprint density at radius 3 is 2.42 bits per heavy atom. The van der Waals surface area contributed by atoms with Crippen molar-refractivity contribution < 1.29 is 22.7 Å². The number of carbonyl (C=O) groups is 1. The fourth-order valence-corrected chi connectivity index (χ4v) is 1.51.